The molecule has 0 unspecified atom stereocenters. The molecule has 1 amide bonds. The zero-order chi connectivity index (χ0) is 15.5. The van der Waals surface area contributed by atoms with Crippen molar-refractivity contribution >= 4 is 11.6 Å². The van der Waals surface area contributed by atoms with Crippen LogP contribution >= 0.6 is 0 Å². The van der Waals surface area contributed by atoms with E-state index in [4.69, 9.17) is 0 Å². The van der Waals surface area contributed by atoms with Crippen molar-refractivity contribution in [2.24, 2.45) is 0 Å². The molecule has 0 saturated heterocycles. The molecule has 0 aliphatic carbocycles. The number of amides is 1. The lowest BCUT2D eigenvalue weighted by atomic mass is 9.87. The van der Waals surface area contributed by atoms with Crippen LogP contribution in [0, 0.1) is 0 Å². The Bertz CT molecular complexity index is 624. The molecule has 0 heterocycles. The molecule has 3 nitrogen and oxygen atoms in total. The van der Waals surface area contributed by atoms with Crippen LogP contribution < -0.4 is 5.32 Å². The number of aromatic hydroxyl groups is 1. The minimum atomic E-state index is -0.139. The third kappa shape index (κ3) is 4.09. The maximum absolute atomic E-state index is 12.0. The molecule has 3 heteroatoms. The van der Waals surface area contributed by atoms with E-state index >= 15 is 0 Å². The zero-order valence-corrected chi connectivity index (χ0v) is 12.7. The van der Waals surface area contributed by atoms with Gasteiger partial charge in [-0.05, 0) is 29.2 Å². The van der Waals surface area contributed by atoms with Gasteiger partial charge in [-0.3, -0.25) is 4.79 Å². The van der Waals surface area contributed by atoms with Crippen molar-refractivity contribution in [2.45, 2.75) is 32.6 Å². The molecule has 0 radical (unpaired) electrons. The lowest BCUT2D eigenvalue weighted by molar-refractivity contribution is -0.115. The summed E-state index contributed by atoms with van der Waals surface area (Å²) >= 11 is 0. The van der Waals surface area contributed by atoms with Gasteiger partial charge in [0.2, 0.25) is 5.91 Å². The number of carbonyl (C=O) groups excluding carboxylic acids is 1. The summed E-state index contributed by atoms with van der Waals surface area (Å²) in [4.78, 5) is 12.0. The highest BCUT2D eigenvalue weighted by atomic mass is 16.3. The van der Waals surface area contributed by atoms with Crippen LogP contribution in [0.5, 0.6) is 5.75 Å². The normalized spacial score (nSPS) is 11.2. The predicted octanol–water partition coefficient (Wildman–Crippen LogP) is 3.87. The van der Waals surface area contributed by atoms with Gasteiger partial charge in [-0.15, -0.1) is 0 Å². The predicted molar refractivity (Wildman–Crippen MR) is 85.6 cm³/mol. The van der Waals surface area contributed by atoms with Crippen molar-refractivity contribution in [1.29, 1.82) is 0 Å². The third-order valence-electron chi connectivity index (χ3n) is 3.38. The first-order valence-electron chi connectivity index (χ1n) is 7.03. The Morgan fingerprint density at radius 2 is 1.67 bits per heavy atom. The number of anilines is 1. The molecular weight excluding hydrogens is 262 g/mol. The van der Waals surface area contributed by atoms with Gasteiger partial charge in [-0.25, -0.2) is 0 Å². The number of hydrogen-bond donors (Lipinski definition) is 2. The largest absolute Gasteiger partial charge is 0.508 e. The third-order valence-corrected chi connectivity index (χ3v) is 3.38. The average Bonchev–Trinajstić information content (AvgIpc) is 2.41. The number of benzene rings is 2. The van der Waals surface area contributed by atoms with Crippen molar-refractivity contribution in [3.8, 4) is 5.75 Å². The van der Waals surface area contributed by atoms with E-state index in [0.717, 1.165) is 5.69 Å². The summed E-state index contributed by atoms with van der Waals surface area (Å²) in [6, 6.07) is 14.7. The summed E-state index contributed by atoms with van der Waals surface area (Å²) in [5.74, 6) is 0.00994. The first kappa shape index (κ1) is 15.1. The van der Waals surface area contributed by atoms with E-state index in [1.807, 2.05) is 24.3 Å². The Morgan fingerprint density at radius 3 is 2.24 bits per heavy atom. The molecule has 0 spiro atoms. The molecule has 2 rings (SSSR count). The molecule has 2 aromatic rings. The molecule has 110 valence electrons. The molecule has 0 atom stereocenters. The number of phenolic OH excluding ortho intramolecular Hbond substituents is 1. The molecule has 0 aliphatic heterocycles. The van der Waals surface area contributed by atoms with Crippen LogP contribution in [0.2, 0.25) is 0 Å². The van der Waals surface area contributed by atoms with E-state index in [9.17, 15) is 9.90 Å². The Morgan fingerprint density at radius 1 is 1.05 bits per heavy atom. The minimum absolute atomic E-state index is 0.0956. The van der Waals surface area contributed by atoms with Gasteiger partial charge in [0.05, 0.1) is 6.42 Å². The summed E-state index contributed by atoms with van der Waals surface area (Å²) in [6.07, 6.45) is 0.160. The van der Waals surface area contributed by atoms with Crippen molar-refractivity contribution < 1.29 is 9.90 Å². The smallest absolute Gasteiger partial charge is 0.228 e. The van der Waals surface area contributed by atoms with Gasteiger partial charge in [-0.1, -0.05) is 51.1 Å². The van der Waals surface area contributed by atoms with E-state index in [2.05, 4.69) is 26.1 Å². The Balaban J connectivity index is 2.02. The molecule has 2 aromatic carbocycles. The van der Waals surface area contributed by atoms with Gasteiger partial charge < -0.3 is 10.4 Å². The summed E-state index contributed by atoms with van der Waals surface area (Å²) in [5, 5.41) is 12.5. The standard InChI is InChI=1S/C18H21NO2/c1-18(2,3)14-8-10-15(11-9-14)19-17(21)12-13-6-4-5-7-16(13)20/h4-11,20H,12H2,1-3H3,(H,19,21). The molecule has 21 heavy (non-hydrogen) atoms. The molecular formula is C18H21NO2. The molecule has 0 saturated carbocycles. The van der Waals surface area contributed by atoms with Gasteiger partial charge in [-0.2, -0.15) is 0 Å². The summed E-state index contributed by atoms with van der Waals surface area (Å²) in [5.41, 5.74) is 2.71. The SMILES string of the molecule is CC(C)(C)c1ccc(NC(=O)Cc2ccccc2O)cc1. The van der Waals surface area contributed by atoms with E-state index in [-0.39, 0.29) is 23.5 Å². The van der Waals surface area contributed by atoms with Gasteiger partial charge in [0.15, 0.2) is 0 Å². The number of phenols is 1. The van der Waals surface area contributed by atoms with Crippen LogP contribution in [0.3, 0.4) is 0 Å². The van der Waals surface area contributed by atoms with Gasteiger partial charge >= 0.3 is 0 Å². The first-order valence-corrected chi connectivity index (χ1v) is 7.03. The van der Waals surface area contributed by atoms with Crippen LogP contribution in [0.15, 0.2) is 48.5 Å². The second-order valence-corrected chi connectivity index (χ2v) is 6.18. The molecule has 0 aromatic heterocycles. The van der Waals surface area contributed by atoms with Gasteiger partial charge in [0, 0.05) is 11.3 Å². The number of rotatable bonds is 3. The van der Waals surface area contributed by atoms with Crippen LogP contribution in [0.4, 0.5) is 5.69 Å². The van der Waals surface area contributed by atoms with Crippen LogP contribution in [0.1, 0.15) is 31.9 Å². The second-order valence-electron chi connectivity index (χ2n) is 6.18. The maximum atomic E-state index is 12.0. The fourth-order valence-electron chi connectivity index (χ4n) is 2.09. The van der Waals surface area contributed by atoms with Crippen molar-refractivity contribution in [3.63, 3.8) is 0 Å². The van der Waals surface area contributed by atoms with Crippen molar-refractivity contribution in [3.05, 3.63) is 59.7 Å². The monoisotopic (exact) mass is 283 g/mol. The Labute approximate surface area is 125 Å². The molecule has 2 N–H and O–H groups in total. The topological polar surface area (TPSA) is 49.3 Å². The number of nitrogens with one attached hydrogen (secondary N) is 1. The van der Waals surface area contributed by atoms with Gasteiger partial charge in [0.25, 0.3) is 0 Å². The van der Waals surface area contributed by atoms with E-state index < -0.39 is 0 Å². The van der Waals surface area contributed by atoms with Crippen LogP contribution in [-0.4, -0.2) is 11.0 Å². The zero-order valence-electron chi connectivity index (χ0n) is 12.7. The number of para-hydroxylation sites is 1. The highest BCUT2D eigenvalue weighted by Crippen LogP contribution is 2.23. The average molecular weight is 283 g/mol. The van der Waals surface area contributed by atoms with Crippen molar-refractivity contribution in [1.82, 2.24) is 0 Å². The molecule has 0 bridgehead atoms. The van der Waals surface area contributed by atoms with E-state index in [0.29, 0.717) is 5.56 Å². The van der Waals surface area contributed by atoms with Gasteiger partial charge in [0.1, 0.15) is 5.75 Å². The lowest BCUT2D eigenvalue weighted by Crippen LogP contribution is -2.15. The first-order chi connectivity index (χ1) is 9.86. The van der Waals surface area contributed by atoms with Crippen LogP contribution in [0.25, 0.3) is 0 Å². The minimum Gasteiger partial charge on any atom is -0.508 e. The number of carbonyl (C=O) groups is 1. The lowest BCUT2D eigenvalue weighted by Gasteiger charge is -2.19. The fraction of sp³-hybridized carbons (Fsp3) is 0.278. The summed E-state index contributed by atoms with van der Waals surface area (Å²) < 4.78 is 0. The Hall–Kier alpha value is -2.29. The summed E-state index contributed by atoms with van der Waals surface area (Å²) in [7, 11) is 0. The number of hydrogen-bond acceptors (Lipinski definition) is 2. The highest BCUT2D eigenvalue weighted by Gasteiger charge is 2.13. The van der Waals surface area contributed by atoms with Crippen molar-refractivity contribution in [2.75, 3.05) is 5.32 Å². The second kappa shape index (κ2) is 6.00. The van der Waals surface area contributed by atoms with E-state index in [1.165, 1.54) is 5.56 Å². The maximum Gasteiger partial charge on any atom is 0.228 e. The summed E-state index contributed by atoms with van der Waals surface area (Å²) in [6.45, 7) is 6.45. The Kier molecular flexibility index (Phi) is 4.32. The molecule has 0 aliphatic rings. The molecule has 0 fully saturated rings. The van der Waals surface area contributed by atoms with E-state index in [1.54, 1.807) is 24.3 Å². The van der Waals surface area contributed by atoms with Crippen LogP contribution in [-0.2, 0) is 16.6 Å². The fourth-order valence-corrected chi connectivity index (χ4v) is 2.09. The highest BCUT2D eigenvalue weighted by molar-refractivity contribution is 5.92. The quantitative estimate of drug-likeness (QED) is 0.898.